The van der Waals surface area contributed by atoms with Crippen molar-refractivity contribution in [2.45, 2.75) is 6.54 Å². The fraction of sp³-hybridized carbons (Fsp3) is 0.286. The lowest BCUT2D eigenvalue weighted by molar-refractivity contribution is 0.559. The summed E-state index contributed by atoms with van der Waals surface area (Å²) >= 11 is 1.38. The lowest BCUT2D eigenvalue weighted by atomic mass is 10.5. The maximum Gasteiger partial charge on any atom is 0.287 e. The second-order valence-corrected chi connectivity index (χ2v) is 3.46. The Labute approximate surface area is 77.8 Å². The summed E-state index contributed by atoms with van der Waals surface area (Å²) in [6, 6.07) is 1.78. The van der Waals surface area contributed by atoms with Crippen molar-refractivity contribution >= 4 is 21.6 Å². The van der Waals surface area contributed by atoms with Crippen LogP contribution in [0.4, 0.5) is 0 Å². The number of aromatic nitrogens is 3. The zero-order valence-electron chi connectivity index (χ0n) is 6.80. The van der Waals surface area contributed by atoms with Crippen LogP contribution in [0.5, 0.6) is 0 Å². The molecule has 2 aromatic rings. The zero-order valence-corrected chi connectivity index (χ0v) is 7.62. The molecular weight excluding hydrogens is 188 g/mol. The van der Waals surface area contributed by atoms with Crippen molar-refractivity contribution in [1.29, 1.82) is 0 Å². The Morgan fingerprint density at radius 3 is 3.23 bits per heavy atom. The van der Waals surface area contributed by atoms with Crippen molar-refractivity contribution in [3.05, 3.63) is 21.8 Å². The first-order valence-electron chi connectivity index (χ1n) is 3.84. The molecule has 0 amide bonds. The molecule has 68 valence electrons. The van der Waals surface area contributed by atoms with Crippen molar-refractivity contribution in [2.75, 3.05) is 6.54 Å². The van der Waals surface area contributed by atoms with Gasteiger partial charge in [0.25, 0.3) is 5.56 Å². The molecule has 5 nitrogen and oxygen atoms in total. The third-order valence-electron chi connectivity index (χ3n) is 1.67. The van der Waals surface area contributed by atoms with E-state index in [1.165, 1.54) is 16.0 Å². The van der Waals surface area contributed by atoms with Crippen LogP contribution in [0.1, 0.15) is 0 Å². The molecule has 0 bridgehead atoms. The molecule has 0 atom stereocenters. The molecule has 2 rings (SSSR count). The molecule has 13 heavy (non-hydrogen) atoms. The van der Waals surface area contributed by atoms with E-state index in [0.717, 1.165) is 0 Å². The average Bonchev–Trinajstić information content (AvgIpc) is 2.58. The van der Waals surface area contributed by atoms with Crippen LogP contribution in [0.15, 0.2) is 16.2 Å². The molecule has 6 heteroatoms. The lowest BCUT2D eigenvalue weighted by Crippen LogP contribution is -2.26. The molecule has 2 aromatic heterocycles. The first kappa shape index (κ1) is 8.33. The van der Waals surface area contributed by atoms with Crippen LogP contribution in [-0.2, 0) is 6.54 Å². The minimum Gasteiger partial charge on any atom is -0.329 e. The summed E-state index contributed by atoms with van der Waals surface area (Å²) in [5.74, 6) is 0. The van der Waals surface area contributed by atoms with Crippen LogP contribution in [0.3, 0.4) is 0 Å². The first-order valence-corrected chi connectivity index (χ1v) is 4.72. The van der Waals surface area contributed by atoms with Gasteiger partial charge in [-0.1, -0.05) is 5.21 Å². The molecule has 0 aromatic carbocycles. The smallest absolute Gasteiger partial charge is 0.287 e. The molecule has 0 aliphatic carbocycles. The Kier molecular flexibility index (Phi) is 2.07. The highest BCUT2D eigenvalue weighted by atomic mass is 32.1. The van der Waals surface area contributed by atoms with Gasteiger partial charge < -0.3 is 5.73 Å². The van der Waals surface area contributed by atoms with Gasteiger partial charge in [0, 0.05) is 6.54 Å². The van der Waals surface area contributed by atoms with E-state index in [0.29, 0.717) is 23.3 Å². The van der Waals surface area contributed by atoms with Crippen molar-refractivity contribution in [1.82, 2.24) is 15.0 Å². The number of fused-ring (bicyclic) bond motifs is 1. The summed E-state index contributed by atoms with van der Waals surface area (Å²) in [7, 11) is 0. The largest absolute Gasteiger partial charge is 0.329 e. The van der Waals surface area contributed by atoms with E-state index < -0.39 is 0 Å². The Balaban J connectivity index is 2.67. The van der Waals surface area contributed by atoms with Crippen molar-refractivity contribution in [3.63, 3.8) is 0 Å². The van der Waals surface area contributed by atoms with Gasteiger partial charge in [-0.05, 0) is 11.4 Å². The molecule has 0 fully saturated rings. The standard InChI is InChI=1S/C7H8N4OS/c8-2-3-11-7(12)6-5(9-10-11)1-4-13-6/h1,4H,2-3,8H2. The maximum atomic E-state index is 11.6. The number of hydrogen-bond acceptors (Lipinski definition) is 5. The number of thiophene rings is 1. The van der Waals surface area contributed by atoms with Gasteiger partial charge in [-0.3, -0.25) is 4.79 Å². The summed E-state index contributed by atoms with van der Waals surface area (Å²) in [5.41, 5.74) is 5.87. The molecular formula is C7H8N4OS. The van der Waals surface area contributed by atoms with Crippen molar-refractivity contribution < 1.29 is 0 Å². The third-order valence-corrected chi connectivity index (χ3v) is 2.57. The Bertz CT molecular complexity index is 475. The van der Waals surface area contributed by atoms with Gasteiger partial charge in [-0.2, -0.15) is 0 Å². The average molecular weight is 196 g/mol. The van der Waals surface area contributed by atoms with Gasteiger partial charge in [0.1, 0.15) is 10.2 Å². The highest BCUT2D eigenvalue weighted by Gasteiger charge is 2.04. The van der Waals surface area contributed by atoms with Gasteiger partial charge >= 0.3 is 0 Å². The van der Waals surface area contributed by atoms with E-state index in [1.807, 2.05) is 5.38 Å². The molecule has 0 aliphatic heterocycles. The van der Waals surface area contributed by atoms with E-state index in [1.54, 1.807) is 6.07 Å². The molecule has 0 spiro atoms. The van der Waals surface area contributed by atoms with Crippen molar-refractivity contribution in [2.24, 2.45) is 5.73 Å². The maximum absolute atomic E-state index is 11.6. The first-order chi connectivity index (χ1) is 6.33. The van der Waals surface area contributed by atoms with Gasteiger partial charge in [-0.15, -0.1) is 16.4 Å². The minimum absolute atomic E-state index is 0.106. The zero-order chi connectivity index (χ0) is 9.26. The molecule has 2 heterocycles. The summed E-state index contributed by atoms with van der Waals surface area (Å²) in [4.78, 5) is 11.6. The minimum atomic E-state index is -0.106. The second-order valence-electron chi connectivity index (χ2n) is 2.54. The van der Waals surface area contributed by atoms with Crippen LogP contribution < -0.4 is 11.3 Å². The Hall–Kier alpha value is -1.27. The molecule has 2 N–H and O–H groups in total. The SMILES string of the molecule is NCCn1nnc2ccsc2c1=O. The van der Waals surface area contributed by atoms with E-state index in [4.69, 9.17) is 5.73 Å². The molecule has 0 saturated heterocycles. The molecule has 0 radical (unpaired) electrons. The lowest BCUT2D eigenvalue weighted by Gasteiger charge is -1.98. The number of hydrogen-bond donors (Lipinski definition) is 1. The van der Waals surface area contributed by atoms with E-state index >= 15 is 0 Å². The summed E-state index contributed by atoms with van der Waals surface area (Å²) < 4.78 is 1.93. The van der Waals surface area contributed by atoms with E-state index in [-0.39, 0.29) is 5.56 Å². The molecule has 0 unspecified atom stereocenters. The van der Waals surface area contributed by atoms with E-state index in [2.05, 4.69) is 10.3 Å². The number of rotatable bonds is 2. The normalized spacial score (nSPS) is 10.8. The van der Waals surface area contributed by atoms with Crippen LogP contribution in [0.2, 0.25) is 0 Å². The van der Waals surface area contributed by atoms with E-state index in [9.17, 15) is 4.79 Å². The highest BCUT2D eigenvalue weighted by Crippen LogP contribution is 2.11. The molecule has 0 aliphatic rings. The topological polar surface area (TPSA) is 73.8 Å². The van der Waals surface area contributed by atoms with Gasteiger partial charge in [-0.25, -0.2) is 4.68 Å². The molecule has 0 saturated carbocycles. The van der Waals surface area contributed by atoms with Crippen molar-refractivity contribution in [3.8, 4) is 0 Å². The monoisotopic (exact) mass is 196 g/mol. The van der Waals surface area contributed by atoms with Gasteiger partial charge in [0.05, 0.1) is 6.54 Å². The number of nitrogens with zero attached hydrogens (tertiary/aromatic N) is 3. The summed E-state index contributed by atoms with van der Waals surface area (Å²) in [6.07, 6.45) is 0. The Morgan fingerprint density at radius 1 is 1.62 bits per heavy atom. The Morgan fingerprint density at radius 2 is 2.46 bits per heavy atom. The highest BCUT2D eigenvalue weighted by molar-refractivity contribution is 7.17. The van der Waals surface area contributed by atoms with Crippen LogP contribution in [-0.4, -0.2) is 21.5 Å². The van der Waals surface area contributed by atoms with Crippen LogP contribution in [0, 0.1) is 0 Å². The van der Waals surface area contributed by atoms with Crippen LogP contribution >= 0.6 is 11.3 Å². The predicted octanol–water partition coefficient (Wildman–Crippen LogP) is -0.188. The summed E-state index contributed by atoms with van der Waals surface area (Å²) in [6.45, 7) is 0.811. The predicted molar refractivity (Wildman–Crippen MR) is 50.7 cm³/mol. The quantitative estimate of drug-likeness (QED) is 0.722. The van der Waals surface area contributed by atoms with Gasteiger partial charge in [0.2, 0.25) is 0 Å². The fourth-order valence-electron chi connectivity index (χ4n) is 1.07. The third kappa shape index (κ3) is 1.34. The second kappa shape index (κ2) is 3.23. The van der Waals surface area contributed by atoms with Gasteiger partial charge in [0.15, 0.2) is 0 Å². The number of nitrogens with two attached hydrogens (primary N) is 1. The summed E-state index contributed by atoms with van der Waals surface area (Å²) in [5, 5.41) is 9.46. The fourth-order valence-corrected chi connectivity index (χ4v) is 1.84. The van der Waals surface area contributed by atoms with Crippen LogP contribution in [0.25, 0.3) is 10.2 Å².